The number of benzene rings is 1. The minimum Gasteiger partial charge on any atom is -0.491 e. The van der Waals surface area contributed by atoms with Crippen molar-refractivity contribution in [2.75, 3.05) is 26.3 Å². The number of nitrogens with zero attached hydrogens (tertiary/aromatic N) is 2. The summed E-state index contributed by atoms with van der Waals surface area (Å²) in [7, 11) is 1.93. The van der Waals surface area contributed by atoms with Crippen molar-refractivity contribution in [1.82, 2.24) is 9.47 Å². The summed E-state index contributed by atoms with van der Waals surface area (Å²) < 4.78 is 13.1. The number of carbonyl (C=O) groups is 1. The van der Waals surface area contributed by atoms with Gasteiger partial charge in [0.2, 0.25) is 0 Å². The predicted molar refractivity (Wildman–Crippen MR) is 110 cm³/mol. The van der Waals surface area contributed by atoms with Crippen LogP contribution in [-0.2, 0) is 11.8 Å². The molecule has 1 fully saturated rings. The molecule has 2 atom stereocenters. The summed E-state index contributed by atoms with van der Waals surface area (Å²) in [6.07, 6.45) is 3.11. The van der Waals surface area contributed by atoms with Gasteiger partial charge in [-0.15, -0.1) is 0 Å². The topological polar surface area (TPSA) is 63.9 Å². The number of aliphatic hydroxyl groups is 1. The highest BCUT2D eigenvalue weighted by Gasteiger charge is 2.22. The van der Waals surface area contributed by atoms with Crippen molar-refractivity contribution in [3.8, 4) is 5.75 Å². The van der Waals surface area contributed by atoms with Crippen LogP contribution in [0.2, 0.25) is 0 Å². The molecular formula is C22H32N2O4. The zero-order valence-corrected chi connectivity index (χ0v) is 17.4. The van der Waals surface area contributed by atoms with Crippen LogP contribution in [0.5, 0.6) is 5.75 Å². The Bertz CT molecular complexity index is 830. The number of rotatable bonds is 7. The average molecular weight is 389 g/mol. The van der Waals surface area contributed by atoms with E-state index in [2.05, 4.69) is 11.8 Å². The molecule has 0 bridgehead atoms. The second-order valence-electron chi connectivity index (χ2n) is 7.72. The fourth-order valence-corrected chi connectivity index (χ4v) is 4.05. The molecule has 0 aliphatic carbocycles. The molecule has 1 aromatic carbocycles. The van der Waals surface area contributed by atoms with Crippen LogP contribution < -0.4 is 4.74 Å². The van der Waals surface area contributed by atoms with Crippen LogP contribution in [0.4, 0.5) is 0 Å². The highest BCUT2D eigenvalue weighted by atomic mass is 16.5. The van der Waals surface area contributed by atoms with E-state index < -0.39 is 6.10 Å². The van der Waals surface area contributed by atoms with Crippen molar-refractivity contribution >= 4 is 16.9 Å². The maximum atomic E-state index is 12.4. The molecule has 1 aliphatic heterocycles. The number of carbonyl (C=O) groups excluding carboxylic acids is 1. The number of piperidine rings is 1. The number of fused-ring (bicyclic) bond motifs is 1. The first-order valence-electron chi connectivity index (χ1n) is 10.2. The van der Waals surface area contributed by atoms with E-state index in [0.29, 0.717) is 30.5 Å². The van der Waals surface area contributed by atoms with Gasteiger partial charge in [0.25, 0.3) is 0 Å². The van der Waals surface area contributed by atoms with E-state index in [4.69, 9.17) is 9.47 Å². The standard InChI is InChI=1S/C22H32N2O4/c1-5-27-22(26)21-16(3)23(4)20-10-9-18(12-19(20)21)28-14-17(25)13-24-11-7-6-8-15(24)2/h9-10,12,15,17,25H,5-8,11,13-14H2,1-4H3/t15-,17+/m0/s1. The van der Waals surface area contributed by atoms with Crippen LogP contribution in [-0.4, -0.2) is 59.0 Å². The van der Waals surface area contributed by atoms with Gasteiger partial charge < -0.3 is 19.1 Å². The molecule has 154 valence electrons. The first-order valence-corrected chi connectivity index (χ1v) is 10.2. The molecule has 28 heavy (non-hydrogen) atoms. The molecule has 1 saturated heterocycles. The molecule has 6 heteroatoms. The Morgan fingerprint density at radius 1 is 1.36 bits per heavy atom. The van der Waals surface area contributed by atoms with E-state index in [-0.39, 0.29) is 12.6 Å². The van der Waals surface area contributed by atoms with Crippen molar-refractivity contribution in [2.45, 2.75) is 52.2 Å². The average Bonchev–Trinajstić information content (AvgIpc) is 2.92. The number of aryl methyl sites for hydroxylation is 1. The number of aromatic nitrogens is 1. The molecule has 0 radical (unpaired) electrons. The van der Waals surface area contributed by atoms with Crippen LogP contribution in [0.15, 0.2) is 18.2 Å². The van der Waals surface area contributed by atoms with E-state index in [1.807, 2.05) is 36.7 Å². The molecule has 1 aliphatic rings. The summed E-state index contributed by atoms with van der Waals surface area (Å²) in [5.41, 5.74) is 2.40. The zero-order chi connectivity index (χ0) is 20.3. The minimum atomic E-state index is -0.543. The molecule has 0 spiro atoms. The van der Waals surface area contributed by atoms with Crippen LogP contribution in [0.1, 0.15) is 49.2 Å². The molecule has 2 heterocycles. The Kier molecular flexibility index (Phi) is 6.62. The van der Waals surface area contributed by atoms with E-state index >= 15 is 0 Å². The molecule has 3 rings (SSSR count). The van der Waals surface area contributed by atoms with Gasteiger partial charge in [0.15, 0.2) is 0 Å². The number of esters is 1. The number of β-amino-alcohol motifs (C(OH)–C–C–N with tert-alkyl or cyclic N) is 1. The number of hydrogen-bond acceptors (Lipinski definition) is 5. The quantitative estimate of drug-likeness (QED) is 0.738. The van der Waals surface area contributed by atoms with Crippen molar-refractivity contribution in [3.63, 3.8) is 0 Å². The van der Waals surface area contributed by atoms with Gasteiger partial charge in [0.05, 0.1) is 12.2 Å². The summed E-state index contributed by atoms with van der Waals surface area (Å²) in [4.78, 5) is 14.7. The van der Waals surface area contributed by atoms with Crippen LogP contribution in [0.3, 0.4) is 0 Å². The van der Waals surface area contributed by atoms with Gasteiger partial charge in [-0.05, 0) is 58.4 Å². The van der Waals surface area contributed by atoms with Crippen LogP contribution >= 0.6 is 0 Å². The normalized spacial score (nSPS) is 19.0. The number of ether oxygens (including phenoxy) is 2. The van der Waals surface area contributed by atoms with Gasteiger partial charge in [0, 0.05) is 36.2 Å². The van der Waals surface area contributed by atoms with Crippen LogP contribution in [0, 0.1) is 6.92 Å². The Hall–Kier alpha value is -2.05. The van der Waals surface area contributed by atoms with Gasteiger partial charge in [0.1, 0.15) is 18.5 Å². The third-order valence-electron chi connectivity index (χ3n) is 5.77. The molecule has 0 saturated carbocycles. The van der Waals surface area contributed by atoms with Gasteiger partial charge in [-0.1, -0.05) is 6.42 Å². The van der Waals surface area contributed by atoms with Gasteiger partial charge in [-0.25, -0.2) is 4.79 Å². The van der Waals surface area contributed by atoms with E-state index in [1.165, 1.54) is 19.3 Å². The van der Waals surface area contributed by atoms with Crippen molar-refractivity contribution in [2.24, 2.45) is 7.05 Å². The van der Waals surface area contributed by atoms with Gasteiger partial charge in [-0.2, -0.15) is 0 Å². The predicted octanol–water partition coefficient (Wildman–Crippen LogP) is 3.28. The smallest absolute Gasteiger partial charge is 0.340 e. The second-order valence-corrected chi connectivity index (χ2v) is 7.72. The lowest BCUT2D eigenvalue weighted by atomic mass is 10.0. The largest absolute Gasteiger partial charge is 0.491 e. The highest BCUT2D eigenvalue weighted by molar-refractivity contribution is 6.06. The Morgan fingerprint density at radius 2 is 2.14 bits per heavy atom. The third-order valence-corrected chi connectivity index (χ3v) is 5.77. The lowest BCUT2D eigenvalue weighted by molar-refractivity contribution is 0.0438. The molecule has 0 amide bonds. The Morgan fingerprint density at radius 3 is 2.86 bits per heavy atom. The summed E-state index contributed by atoms with van der Waals surface area (Å²) in [5.74, 6) is 0.330. The minimum absolute atomic E-state index is 0.231. The van der Waals surface area contributed by atoms with E-state index in [0.717, 1.165) is 23.1 Å². The van der Waals surface area contributed by atoms with Gasteiger partial charge >= 0.3 is 5.97 Å². The monoisotopic (exact) mass is 388 g/mol. The van der Waals surface area contributed by atoms with Gasteiger partial charge in [-0.3, -0.25) is 4.90 Å². The van der Waals surface area contributed by atoms with E-state index in [1.54, 1.807) is 6.92 Å². The maximum absolute atomic E-state index is 12.4. The molecule has 0 unspecified atom stereocenters. The lowest BCUT2D eigenvalue weighted by Crippen LogP contribution is -2.43. The molecule has 2 aromatic rings. The van der Waals surface area contributed by atoms with Crippen molar-refractivity contribution < 1.29 is 19.4 Å². The Labute approximate surface area is 167 Å². The molecular weight excluding hydrogens is 356 g/mol. The zero-order valence-electron chi connectivity index (χ0n) is 17.4. The second kappa shape index (κ2) is 8.97. The lowest BCUT2D eigenvalue weighted by Gasteiger charge is -2.34. The summed E-state index contributed by atoms with van der Waals surface area (Å²) >= 11 is 0. The summed E-state index contributed by atoms with van der Waals surface area (Å²) in [5, 5.41) is 11.2. The van der Waals surface area contributed by atoms with Crippen LogP contribution in [0.25, 0.3) is 10.9 Å². The number of likely N-dealkylation sites (tertiary alicyclic amines) is 1. The Balaban J connectivity index is 1.71. The number of hydrogen-bond donors (Lipinski definition) is 1. The van der Waals surface area contributed by atoms with Crippen molar-refractivity contribution in [3.05, 3.63) is 29.5 Å². The number of aliphatic hydroxyl groups excluding tert-OH is 1. The third kappa shape index (κ3) is 4.33. The molecule has 1 N–H and O–H groups in total. The van der Waals surface area contributed by atoms with E-state index in [9.17, 15) is 9.90 Å². The first-order chi connectivity index (χ1) is 13.4. The SMILES string of the molecule is CCOC(=O)c1c(C)n(C)c2ccc(OC[C@H](O)CN3CCCC[C@@H]3C)cc12. The molecule has 6 nitrogen and oxygen atoms in total. The summed E-state index contributed by atoms with van der Waals surface area (Å²) in [6.45, 7) is 8.17. The fraction of sp³-hybridized carbons (Fsp3) is 0.591. The maximum Gasteiger partial charge on any atom is 0.340 e. The fourth-order valence-electron chi connectivity index (χ4n) is 4.05. The summed E-state index contributed by atoms with van der Waals surface area (Å²) in [6, 6.07) is 6.20. The highest BCUT2D eigenvalue weighted by Crippen LogP contribution is 2.29. The first kappa shape index (κ1) is 20.7. The van der Waals surface area contributed by atoms with Crippen molar-refractivity contribution in [1.29, 1.82) is 0 Å². The molecule has 1 aromatic heterocycles.